The molecular formula is C15H21BO4S. The van der Waals surface area contributed by atoms with E-state index in [9.17, 15) is 8.42 Å². The summed E-state index contributed by atoms with van der Waals surface area (Å²) in [5.41, 5.74) is -0.0955. The molecule has 0 amide bonds. The van der Waals surface area contributed by atoms with Crippen LogP contribution >= 0.6 is 0 Å². The molecule has 6 heteroatoms. The molecule has 0 unspecified atom stereocenters. The molecule has 4 nitrogen and oxygen atoms in total. The minimum absolute atomic E-state index is 0.203. The van der Waals surface area contributed by atoms with Gasteiger partial charge in [0.2, 0.25) is 0 Å². The zero-order valence-corrected chi connectivity index (χ0v) is 13.7. The molecule has 21 heavy (non-hydrogen) atoms. The van der Waals surface area contributed by atoms with Gasteiger partial charge in [0.05, 0.1) is 21.3 Å². The molecule has 114 valence electrons. The van der Waals surface area contributed by atoms with Gasteiger partial charge in [0, 0.05) is 0 Å². The van der Waals surface area contributed by atoms with Crippen LogP contribution in [0.15, 0.2) is 29.2 Å². The van der Waals surface area contributed by atoms with Crippen LogP contribution in [0.2, 0.25) is 0 Å². The minimum Gasteiger partial charge on any atom is -0.399 e. The Morgan fingerprint density at radius 3 is 2.19 bits per heavy atom. The van der Waals surface area contributed by atoms with Crippen LogP contribution in [-0.4, -0.2) is 32.0 Å². The number of rotatable bonds is 3. The van der Waals surface area contributed by atoms with E-state index in [1.54, 1.807) is 18.2 Å². The number of hydrogen-bond acceptors (Lipinski definition) is 4. The van der Waals surface area contributed by atoms with Crippen molar-refractivity contribution in [2.75, 3.05) is 0 Å². The van der Waals surface area contributed by atoms with E-state index in [2.05, 4.69) is 0 Å². The lowest BCUT2D eigenvalue weighted by Crippen LogP contribution is -2.41. The Morgan fingerprint density at radius 2 is 1.67 bits per heavy atom. The third kappa shape index (κ3) is 2.54. The summed E-state index contributed by atoms with van der Waals surface area (Å²) in [6.45, 7) is 7.94. The normalized spacial score (nSPS) is 24.3. The summed E-state index contributed by atoms with van der Waals surface area (Å²) in [6, 6.07) is 6.96. The molecule has 2 aliphatic rings. The highest BCUT2D eigenvalue weighted by atomic mass is 32.2. The molecule has 2 fully saturated rings. The van der Waals surface area contributed by atoms with Crippen LogP contribution in [0.25, 0.3) is 0 Å². The van der Waals surface area contributed by atoms with Gasteiger partial charge in [-0.3, -0.25) is 0 Å². The van der Waals surface area contributed by atoms with E-state index in [1.807, 2.05) is 33.8 Å². The molecule has 1 aromatic carbocycles. The molecule has 1 aliphatic heterocycles. The molecule has 3 rings (SSSR count). The molecule has 1 saturated carbocycles. The lowest BCUT2D eigenvalue weighted by atomic mass is 9.79. The highest BCUT2D eigenvalue weighted by Crippen LogP contribution is 2.37. The molecule has 0 atom stereocenters. The third-order valence-electron chi connectivity index (χ3n) is 4.68. The van der Waals surface area contributed by atoms with E-state index in [-0.39, 0.29) is 5.25 Å². The first-order valence-corrected chi connectivity index (χ1v) is 8.88. The summed E-state index contributed by atoms with van der Waals surface area (Å²) in [5, 5.41) is -0.203. The van der Waals surface area contributed by atoms with Crippen LogP contribution in [0.5, 0.6) is 0 Å². The Hall–Kier alpha value is -0.845. The van der Waals surface area contributed by atoms with Gasteiger partial charge >= 0.3 is 7.12 Å². The van der Waals surface area contributed by atoms with Gasteiger partial charge in [-0.15, -0.1) is 0 Å². The predicted octanol–water partition coefficient (Wildman–Crippen LogP) is 1.92. The topological polar surface area (TPSA) is 52.6 Å². The van der Waals surface area contributed by atoms with Crippen LogP contribution in [0.1, 0.15) is 40.5 Å². The van der Waals surface area contributed by atoms with E-state index in [1.165, 1.54) is 0 Å². The second-order valence-corrected chi connectivity index (χ2v) is 9.13. The van der Waals surface area contributed by atoms with E-state index in [0.717, 1.165) is 18.3 Å². The van der Waals surface area contributed by atoms with Crippen molar-refractivity contribution in [3.63, 3.8) is 0 Å². The van der Waals surface area contributed by atoms with Crippen LogP contribution in [0.4, 0.5) is 0 Å². The average molecular weight is 308 g/mol. The van der Waals surface area contributed by atoms with Crippen molar-refractivity contribution in [2.24, 2.45) is 0 Å². The van der Waals surface area contributed by atoms with Crippen LogP contribution < -0.4 is 5.46 Å². The zero-order valence-electron chi connectivity index (χ0n) is 12.9. The van der Waals surface area contributed by atoms with Gasteiger partial charge in [-0.05, 0) is 58.1 Å². The van der Waals surface area contributed by atoms with Gasteiger partial charge in [-0.1, -0.05) is 12.1 Å². The summed E-state index contributed by atoms with van der Waals surface area (Å²) in [4.78, 5) is 0.372. The first kappa shape index (κ1) is 15.1. The van der Waals surface area contributed by atoms with Crippen molar-refractivity contribution >= 4 is 22.4 Å². The van der Waals surface area contributed by atoms with E-state index in [0.29, 0.717) is 4.90 Å². The lowest BCUT2D eigenvalue weighted by molar-refractivity contribution is 0.00578. The number of benzene rings is 1. The fraction of sp³-hybridized carbons (Fsp3) is 0.600. The summed E-state index contributed by atoms with van der Waals surface area (Å²) in [7, 11) is -3.71. The predicted molar refractivity (Wildman–Crippen MR) is 82.4 cm³/mol. The number of hydrogen-bond donors (Lipinski definition) is 0. The highest BCUT2D eigenvalue weighted by Gasteiger charge is 2.51. The Morgan fingerprint density at radius 1 is 1.10 bits per heavy atom. The van der Waals surface area contributed by atoms with E-state index in [4.69, 9.17) is 9.31 Å². The fourth-order valence-electron chi connectivity index (χ4n) is 2.39. The fourth-order valence-corrected chi connectivity index (χ4v) is 4.10. The van der Waals surface area contributed by atoms with Crippen molar-refractivity contribution < 1.29 is 17.7 Å². The van der Waals surface area contributed by atoms with Crippen LogP contribution in [0, 0.1) is 0 Å². The maximum atomic E-state index is 12.3. The molecular weight excluding hydrogens is 287 g/mol. The Kier molecular flexibility index (Phi) is 3.28. The number of sulfone groups is 1. The standard InChI is InChI=1S/C15H21BO4S/c1-14(2)15(3,4)20-16(19-14)11-6-5-7-13(10-11)21(17,18)12-8-9-12/h5-7,10,12H,8-9H2,1-4H3. The molecule has 0 N–H and O–H groups in total. The lowest BCUT2D eigenvalue weighted by Gasteiger charge is -2.32. The van der Waals surface area contributed by atoms with Crippen molar-refractivity contribution in [1.82, 2.24) is 0 Å². The van der Waals surface area contributed by atoms with E-state index < -0.39 is 28.2 Å². The van der Waals surface area contributed by atoms with Gasteiger partial charge in [0.25, 0.3) is 0 Å². The minimum atomic E-state index is -3.19. The Labute approximate surface area is 126 Å². The average Bonchev–Trinajstić information content (AvgIpc) is 3.19. The van der Waals surface area contributed by atoms with Gasteiger partial charge in [-0.2, -0.15) is 0 Å². The maximum absolute atomic E-state index is 12.3. The van der Waals surface area contributed by atoms with Crippen molar-refractivity contribution in [2.45, 2.75) is 61.9 Å². The van der Waals surface area contributed by atoms with Gasteiger partial charge in [0.1, 0.15) is 0 Å². The van der Waals surface area contributed by atoms with Gasteiger partial charge in [-0.25, -0.2) is 8.42 Å². The Balaban J connectivity index is 1.91. The molecule has 0 radical (unpaired) electrons. The second-order valence-electron chi connectivity index (χ2n) is 6.91. The van der Waals surface area contributed by atoms with Gasteiger partial charge < -0.3 is 9.31 Å². The highest BCUT2D eigenvalue weighted by molar-refractivity contribution is 7.92. The summed E-state index contributed by atoms with van der Waals surface area (Å²) in [6.07, 6.45) is 1.53. The monoisotopic (exact) mass is 308 g/mol. The molecule has 1 aromatic rings. The van der Waals surface area contributed by atoms with Crippen LogP contribution in [-0.2, 0) is 19.1 Å². The summed E-state index contributed by atoms with van der Waals surface area (Å²) < 4.78 is 36.6. The third-order valence-corrected chi connectivity index (χ3v) is 6.94. The molecule has 1 heterocycles. The molecule has 1 saturated heterocycles. The van der Waals surface area contributed by atoms with E-state index >= 15 is 0 Å². The molecule has 1 aliphatic carbocycles. The first-order valence-electron chi connectivity index (χ1n) is 7.33. The van der Waals surface area contributed by atoms with Crippen LogP contribution in [0.3, 0.4) is 0 Å². The summed E-state index contributed by atoms with van der Waals surface area (Å²) >= 11 is 0. The smallest absolute Gasteiger partial charge is 0.399 e. The maximum Gasteiger partial charge on any atom is 0.494 e. The van der Waals surface area contributed by atoms with Crippen molar-refractivity contribution in [3.05, 3.63) is 24.3 Å². The quantitative estimate of drug-likeness (QED) is 0.801. The molecule has 0 bridgehead atoms. The van der Waals surface area contributed by atoms with Crippen molar-refractivity contribution in [3.8, 4) is 0 Å². The summed E-state index contributed by atoms with van der Waals surface area (Å²) in [5.74, 6) is 0. The molecule has 0 aromatic heterocycles. The second kappa shape index (κ2) is 4.57. The SMILES string of the molecule is CC1(C)OB(c2cccc(S(=O)(=O)C3CC3)c2)OC1(C)C. The van der Waals surface area contributed by atoms with Gasteiger partial charge in [0.15, 0.2) is 9.84 Å². The Bertz CT molecular complexity index is 646. The largest absolute Gasteiger partial charge is 0.494 e. The molecule has 0 spiro atoms. The first-order chi connectivity index (χ1) is 9.63. The van der Waals surface area contributed by atoms with Crippen molar-refractivity contribution in [1.29, 1.82) is 0 Å². The zero-order chi connectivity index (χ0) is 15.5.